The molecule has 0 heterocycles. The maximum Gasteiger partial charge on any atom is 0.144 e. The first-order valence-electron chi connectivity index (χ1n) is 19.5. The number of Topliss-reactive ketones (excluding diaryl/α,β-unsaturated/α-hetero) is 2. The zero-order valence-electron chi connectivity index (χ0n) is 30.5. The van der Waals surface area contributed by atoms with Gasteiger partial charge in [-0.2, -0.15) is 0 Å². The minimum Gasteiger partial charge on any atom is -0.306 e. The van der Waals surface area contributed by atoms with Crippen molar-refractivity contribution >= 4 is 11.6 Å². The van der Waals surface area contributed by atoms with E-state index < -0.39 is 5.92 Å². The van der Waals surface area contributed by atoms with Crippen molar-refractivity contribution in [1.82, 2.24) is 4.90 Å². The lowest BCUT2D eigenvalue weighted by molar-refractivity contribution is -0.135. The number of carbonyl (C=O) groups is 2. The molecule has 0 aromatic heterocycles. The molecule has 1 unspecified atom stereocenters. The summed E-state index contributed by atoms with van der Waals surface area (Å²) in [6, 6.07) is -0.0266. The lowest BCUT2D eigenvalue weighted by Gasteiger charge is -2.27. The van der Waals surface area contributed by atoms with Crippen LogP contribution >= 0.6 is 0 Å². The molecule has 0 spiro atoms. The minimum atomic E-state index is -0.460. The summed E-state index contributed by atoms with van der Waals surface area (Å²) in [5.41, 5.74) is 0. The van der Waals surface area contributed by atoms with E-state index in [2.05, 4.69) is 38.2 Å². The van der Waals surface area contributed by atoms with Gasteiger partial charge < -0.3 is 4.90 Å². The minimum absolute atomic E-state index is 0.0266. The summed E-state index contributed by atoms with van der Waals surface area (Å²) in [7, 11) is 3.98. The number of hydrogen-bond donors (Lipinski definition) is 0. The van der Waals surface area contributed by atoms with Gasteiger partial charge in [0, 0.05) is 18.9 Å². The topological polar surface area (TPSA) is 37.4 Å². The largest absolute Gasteiger partial charge is 0.306 e. The van der Waals surface area contributed by atoms with Crippen LogP contribution in [0.1, 0.15) is 201 Å². The molecule has 44 heavy (non-hydrogen) atoms. The van der Waals surface area contributed by atoms with Gasteiger partial charge in [0.05, 0.1) is 5.92 Å². The molecule has 0 aliphatic carbocycles. The monoisotopic (exact) mass is 616 g/mol. The molecule has 3 heteroatoms. The highest BCUT2D eigenvalue weighted by Crippen LogP contribution is 2.20. The molecule has 0 aromatic rings. The Kier molecular flexibility index (Phi) is 32.2. The first kappa shape index (κ1) is 42.8. The van der Waals surface area contributed by atoms with Crippen molar-refractivity contribution in [3.8, 4) is 0 Å². The van der Waals surface area contributed by atoms with Crippen molar-refractivity contribution in [2.75, 3.05) is 14.1 Å². The van der Waals surface area contributed by atoms with Crippen LogP contribution in [0.5, 0.6) is 0 Å². The molecule has 0 bridgehead atoms. The van der Waals surface area contributed by atoms with Crippen molar-refractivity contribution in [2.45, 2.75) is 207 Å². The molecule has 0 aromatic carbocycles. The molecular formula is C41H77NO2. The highest BCUT2D eigenvalue weighted by Gasteiger charge is 2.31. The van der Waals surface area contributed by atoms with Crippen LogP contribution in [0, 0.1) is 5.92 Å². The fourth-order valence-electron chi connectivity index (χ4n) is 6.07. The van der Waals surface area contributed by atoms with E-state index in [1.165, 1.54) is 141 Å². The van der Waals surface area contributed by atoms with Gasteiger partial charge in [-0.1, -0.05) is 141 Å². The zero-order valence-corrected chi connectivity index (χ0v) is 30.5. The van der Waals surface area contributed by atoms with E-state index in [9.17, 15) is 9.59 Å². The molecule has 3 nitrogen and oxygen atoms in total. The predicted octanol–water partition coefficient (Wildman–Crippen LogP) is 12.8. The Labute approximate surface area is 276 Å². The van der Waals surface area contributed by atoms with Gasteiger partial charge in [-0.25, -0.2) is 0 Å². The van der Waals surface area contributed by atoms with Crippen LogP contribution in [-0.4, -0.2) is 36.6 Å². The van der Waals surface area contributed by atoms with E-state index in [4.69, 9.17) is 0 Å². The summed E-state index contributed by atoms with van der Waals surface area (Å²) in [5, 5.41) is 0. The third-order valence-electron chi connectivity index (χ3n) is 9.36. The van der Waals surface area contributed by atoms with E-state index in [1.54, 1.807) is 0 Å². The van der Waals surface area contributed by atoms with Crippen LogP contribution in [0.4, 0.5) is 0 Å². The Morgan fingerprint density at radius 3 is 1.02 bits per heavy atom. The average Bonchev–Trinajstić information content (AvgIpc) is 3.01. The maximum atomic E-state index is 13.2. The zero-order chi connectivity index (χ0) is 32.5. The second-order valence-corrected chi connectivity index (χ2v) is 13.8. The normalized spacial score (nSPS) is 12.8. The lowest BCUT2D eigenvalue weighted by Crippen LogP contribution is -2.41. The summed E-state index contributed by atoms with van der Waals surface area (Å²) in [6.07, 6.45) is 43.2. The van der Waals surface area contributed by atoms with Gasteiger partial charge in [0.15, 0.2) is 0 Å². The molecule has 0 radical (unpaired) electrons. The average molecular weight is 616 g/mol. The summed E-state index contributed by atoms with van der Waals surface area (Å²) >= 11 is 0. The van der Waals surface area contributed by atoms with Gasteiger partial charge in [0.1, 0.15) is 11.6 Å². The molecule has 0 rings (SSSR count). The molecule has 0 fully saturated rings. The van der Waals surface area contributed by atoms with Gasteiger partial charge in [-0.3, -0.25) is 9.59 Å². The molecule has 258 valence electrons. The number of carbonyl (C=O) groups excluding carboxylic acids is 2. The van der Waals surface area contributed by atoms with Crippen LogP contribution in [0.3, 0.4) is 0 Å². The van der Waals surface area contributed by atoms with Crippen LogP contribution in [0.25, 0.3) is 0 Å². The first-order valence-corrected chi connectivity index (χ1v) is 19.5. The number of nitrogens with zero attached hydrogens (tertiary/aromatic N) is 1. The van der Waals surface area contributed by atoms with Crippen LogP contribution < -0.4 is 0 Å². The number of ketones is 2. The second-order valence-electron chi connectivity index (χ2n) is 13.8. The summed E-state index contributed by atoms with van der Waals surface area (Å²) in [6.45, 7) is 6.59. The Hall–Kier alpha value is -1.22. The molecule has 0 N–H and O–H groups in total. The lowest BCUT2D eigenvalue weighted by atomic mass is 9.86. The molecule has 0 amide bonds. The SMILES string of the molecule is CCCCCCCC/C=C\CCCCCCCC(=O)C(C(=O)CCCCCCC/C=C\CCCCCCCC)C(C)N(C)C. The van der Waals surface area contributed by atoms with Gasteiger partial charge >= 0.3 is 0 Å². The fraction of sp³-hybridized carbons (Fsp3) is 0.854. The van der Waals surface area contributed by atoms with E-state index in [1.807, 2.05) is 25.9 Å². The number of hydrogen-bond acceptors (Lipinski definition) is 3. The summed E-state index contributed by atoms with van der Waals surface area (Å²) in [5.74, 6) is -0.123. The van der Waals surface area contributed by atoms with Gasteiger partial charge in [-0.05, 0) is 85.2 Å². The van der Waals surface area contributed by atoms with Crippen molar-refractivity contribution < 1.29 is 9.59 Å². The third kappa shape index (κ3) is 27.1. The standard InChI is InChI=1S/C41H77NO2/c1-6-8-10-12-14-16-18-20-22-24-26-28-30-32-34-36-39(43)41(38(3)42(4)5)40(44)37-35-33-31-29-27-25-23-21-19-17-15-13-11-9-7-2/h20-23,38,41H,6-19,24-37H2,1-5H3/b22-20-,23-21-. The van der Waals surface area contributed by atoms with Gasteiger partial charge in [0.2, 0.25) is 0 Å². The number of rotatable bonds is 34. The van der Waals surface area contributed by atoms with E-state index in [0.717, 1.165) is 25.7 Å². The van der Waals surface area contributed by atoms with E-state index >= 15 is 0 Å². The Bertz CT molecular complexity index is 643. The molecule has 0 saturated carbocycles. The Morgan fingerprint density at radius 2 is 0.727 bits per heavy atom. The van der Waals surface area contributed by atoms with Crippen molar-refractivity contribution in [2.24, 2.45) is 5.92 Å². The molecule has 0 saturated heterocycles. The second kappa shape index (κ2) is 33.2. The van der Waals surface area contributed by atoms with Crippen LogP contribution in [-0.2, 0) is 9.59 Å². The summed E-state index contributed by atoms with van der Waals surface area (Å²) < 4.78 is 0. The van der Waals surface area contributed by atoms with Gasteiger partial charge in [-0.15, -0.1) is 0 Å². The highest BCUT2D eigenvalue weighted by molar-refractivity contribution is 6.03. The van der Waals surface area contributed by atoms with Crippen LogP contribution in [0.2, 0.25) is 0 Å². The quantitative estimate of drug-likeness (QED) is 0.0410. The third-order valence-corrected chi connectivity index (χ3v) is 9.36. The molecular weight excluding hydrogens is 538 g/mol. The van der Waals surface area contributed by atoms with Crippen LogP contribution in [0.15, 0.2) is 24.3 Å². The van der Waals surface area contributed by atoms with Crippen molar-refractivity contribution in [3.63, 3.8) is 0 Å². The number of unbranched alkanes of at least 4 members (excludes halogenated alkanes) is 22. The Balaban J connectivity index is 3.98. The molecule has 0 aliphatic heterocycles. The van der Waals surface area contributed by atoms with E-state index in [0.29, 0.717) is 12.8 Å². The maximum absolute atomic E-state index is 13.2. The number of allylic oxidation sites excluding steroid dienone is 4. The summed E-state index contributed by atoms with van der Waals surface area (Å²) in [4.78, 5) is 28.4. The fourth-order valence-corrected chi connectivity index (χ4v) is 6.07. The first-order chi connectivity index (χ1) is 21.5. The predicted molar refractivity (Wildman–Crippen MR) is 196 cm³/mol. The van der Waals surface area contributed by atoms with Crippen molar-refractivity contribution in [1.29, 1.82) is 0 Å². The Morgan fingerprint density at radius 1 is 0.455 bits per heavy atom. The van der Waals surface area contributed by atoms with E-state index in [-0.39, 0.29) is 17.6 Å². The van der Waals surface area contributed by atoms with Crippen molar-refractivity contribution in [3.05, 3.63) is 24.3 Å². The smallest absolute Gasteiger partial charge is 0.144 e. The van der Waals surface area contributed by atoms with Gasteiger partial charge in [0.25, 0.3) is 0 Å². The molecule has 0 aliphatic rings. The highest BCUT2D eigenvalue weighted by atomic mass is 16.2. The molecule has 1 atom stereocenters.